The summed E-state index contributed by atoms with van der Waals surface area (Å²) in [6.07, 6.45) is 0. The van der Waals surface area contributed by atoms with Crippen molar-refractivity contribution >= 4 is 23.1 Å². The largest absolute Gasteiger partial charge is 0.507 e. The average Bonchev–Trinajstić information content (AvgIpc) is 3.18. The number of hydrogen-bond donors (Lipinski definition) is 1. The van der Waals surface area contributed by atoms with Crippen molar-refractivity contribution in [2.75, 3.05) is 25.7 Å². The highest BCUT2D eigenvalue weighted by molar-refractivity contribution is 6.51. The van der Waals surface area contributed by atoms with Crippen molar-refractivity contribution < 1.29 is 28.9 Å². The first kappa shape index (κ1) is 24.4. The van der Waals surface area contributed by atoms with Gasteiger partial charge in [-0.1, -0.05) is 18.2 Å². The van der Waals surface area contributed by atoms with E-state index >= 15 is 0 Å². The lowest BCUT2D eigenvalue weighted by Crippen LogP contribution is -2.29. The number of nitrogens with zero attached hydrogens (tertiary/aromatic N) is 2. The quantitative estimate of drug-likeness (QED) is 0.297. The van der Waals surface area contributed by atoms with E-state index in [0.717, 1.165) is 0 Å². The van der Waals surface area contributed by atoms with Gasteiger partial charge in [-0.25, -0.2) is 0 Å². The summed E-state index contributed by atoms with van der Waals surface area (Å²) in [5, 5.41) is 20.5. The lowest BCUT2D eigenvalue weighted by molar-refractivity contribution is -0.132. The summed E-state index contributed by atoms with van der Waals surface area (Å²) < 4.78 is 16.4. The number of aliphatic hydroxyl groups excluding tert-OH is 1. The minimum Gasteiger partial charge on any atom is -0.507 e. The van der Waals surface area contributed by atoms with Gasteiger partial charge in [-0.15, -0.1) is 0 Å². The number of benzene rings is 3. The molecule has 3 aromatic carbocycles. The number of ketones is 1. The molecule has 1 N–H and O–H groups in total. The van der Waals surface area contributed by atoms with Crippen LogP contribution in [-0.2, 0) is 9.59 Å². The van der Waals surface area contributed by atoms with Crippen molar-refractivity contribution in [3.05, 3.63) is 89.0 Å². The molecule has 0 aliphatic carbocycles. The van der Waals surface area contributed by atoms with E-state index in [0.29, 0.717) is 46.2 Å². The Labute approximate surface area is 208 Å². The van der Waals surface area contributed by atoms with Crippen LogP contribution in [-0.4, -0.2) is 37.6 Å². The molecule has 0 bridgehead atoms. The zero-order valence-corrected chi connectivity index (χ0v) is 20.0. The molecule has 1 aliphatic heterocycles. The number of hydrogen-bond acceptors (Lipinski definition) is 7. The number of aliphatic hydroxyl groups is 1. The molecule has 1 heterocycles. The van der Waals surface area contributed by atoms with Crippen molar-refractivity contribution in [3.8, 4) is 23.3 Å². The molecule has 1 unspecified atom stereocenters. The molecule has 1 aliphatic rings. The molecule has 1 atom stereocenters. The van der Waals surface area contributed by atoms with Crippen LogP contribution in [0.15, 0.2) is 72.3 Å². The predicted octanol–water partition coefficient (Wildman–Crippen LogP) is 4.60. The van der Waals surface area contributed by atoms with Crippen LogP contribution in [0.25, 0.3) is 5.76 Å². The second kappa shape index (κ2) is 10.2. The Kier molecular flexibility index (Phi) is 6.93. The number of ether oxygens (including phenoxy) is 3. The minimum absolute atomic E-state index is 0.0785. The second-order valence-electron chi connectivity index (χ2n) is 7.90. The average molecular weight is 485 g/mol. The zero-order valence-electron chi connectivity index (χ0n) is 20.0. The van der Waals surface area contributed by atoms with Crippen LogP contribution in [0.4, 0.5) is 5.69 Å². The van der Waals surface area contributed by atoms with E-state index in [9.17, 15) is 20.0 Å². The normalized spacial score (nSPS) is 16.5. The highest BCUT2D eigenvalue weighted by Gasteiger charge is 2.47. The molecule has 8 heteroatoms. The molecule has 3 aromatic rings. The molecule has 1 fully saturated rings. The maximum absolute atomic E-state index is 13.4. The van der Waals surface area contributed by atoms with Crippen molar-refractivity contribution in [2.24, 2.45) is 0 Å². The highest BCUT2D eigenvalue weighted by Crippen LogP contribution is 2.44. The molecule has 0 saturated carbocycles. The van der Waals surface area contributed by atoms with Gasteiger partial charge >= 0.3 is 0 Å². The number of carbonyl (C=O) groups excluding carboxylic acids is 2. The van der Waals surface area contributed by atoms with Crippen LogP contribution in [0.5, 0.6) is 17.2 Å². The van der Waals surface area contributed by atoms with Gasteiger partial charge in [0.1, 0.15) is 11.5 Å². The molecule has 0 spiro atoms. The SMILES string of the molecule is CCOc1cc(C2/C(=C(/O)c3cccc(OC)c3)C(=O)C(=O)N2c2ccc(C#N)cc2)ccc1OC. The lowest BCUT2D eigenvalue weighted by Gasteiger charge is -2.26. The molecule has 182 valence electrons. The minimum atomic E-state index is -0.964. The maximum atomic E-state index is 13.4. The number of amides is 1. The van der Waals surface area contributed by atoms with Crippen LogP contribution in [0.3, 0.4) is 0 Å². The summed E-state index contributed by atoms with van der Waals surface area (Å²) in [5.41, 5.74) is 1.60. The van der Waals surface area contributed by atoms with Crippen molar-refractivity contribution in [2.45, 2.75) is 13.0 Å². The van der Waals surface area contributed by atoms with Crippen LogP contribution >= 0.6 is 0 Å². The van der Waals surface area contributed by atoms with Crippen LogP contribution in [0, 0.1) is 11.3 Å². The summed E-state index contributed by atoms with van der Waals surface area (Å²) in [5.74, 6) is -0.559. The fourth-order valence-electron chi connectivity index (χ4n) is 4.17. The van der Waals surface area contributed by atoms with E-state index in [-0.39, 0.29) is 11.3 Å². The van der Waals surface area contributed by atoms with Gasteiger partial charge in [-0.05, 0) is 61.0 Å². The number of anilines is 1. The molecular weight excluding hydrogens is 460 g/mol. The van der Waals surface area contributed by atoms with Gasteiger partial charge in [0.05, 0.1) is 44.1 Å². The molecular formula is C28H24N2O6. The standard InChI is InChI=1S/C28H24N2O6/c1-4-36-23-15-18(10-13-22(23)35-3)25-24(26(31)19-6-5-7-21(14-19)34-2)27(32)28(33)30(25)20-11-8-17(16-29)9-12-20/h5-15,25,31H,4H2,1-3H3/b26-24-. The Morgan fingerprint density at radius 3 is 2.39 bits per heavy atom. The predicted molar refractivity (Wildman–Crippen MR) is 133 cm³/mol. The first-order valence-electron chi connectivity index (χ1n) is 11.2. The summed E-state index contributed by atoms with van der Waals surface area (Å²) in [7, 11) is 3.01. The van der Waals surface area contributed by atoms with E-state index in [4.69, 9.17) is 14.2 Å². The number of methoxy groups -OCH3 is 2. The van der Waals surface area contributed by atoms with Gasteiger partial charge < -0.3 is 19.3 Å². The van der Waals surface area contributed by atoms with Crippen LogP contribution < -0.4 is 19.1 Å². The summed E-state index contributed by atoms with van der Waals surface area (Å²) in [4.78, 5) is 28.0. The smallest absolute Gasteiger partial charge is 0.300 e. The Morgan fingerprint density at radius 1 is 1.00 bits per heavy atom. The van der Waals surface area contributed by atoms with Crippen molar-refractivity contribution in [1.82, 2.24) is 0 Å². The van der Waals surface area contributed by atoms with Gasteiger partial charge in [-0.2, -0.15) is 5.26 Å². The Balaban J connectivity index is 1.96. The Hall–Kier alpha value is -4.77. The number of Topliss-reactive ketones (excluding diaryl/α,β-unsaturated/α-hetero) is 1. The monoisotopic (exact) mass is 484 g/mol. The van der Waals surface area contributed by atoms with Crippen molar-refractivity contribution in [3.63, 3.8) is 0 Å². The van der Waals surface area contributed by atoms with E-state index in [1.54, 1.807) is 66.7 Å². The van der Waals surface area contributed by atoms with Gasteiger partial charge in [0, 0.05) is 11.3 Å². The highest BCUT2D eigenvalue weighted by atomic mass is 16.5. The fraction of sp³-hybridized carbons (Fsp3) is 0.179. The summed E-state index contributed by atoms with van der Waals surface area (Å²) >= 11 is 0. The van der Waals surface area contributed by atoms with E-state index in [1.807, 2.05) is 13.0 Å². The zero-order chi connectivity index (χ0) is 25.8. The topological polar surface area (TPSA) is 109 Å². The molecule has 36 heavy (non-hydrogen) atoms. The Bertz CT molecular complexity index is 1390. The number of rotatable bonds is 7. The van der Waals surface area contributed by atoms with Gasteiger partial charge in [0.25, 0.3) is 11.7 Å². The van der Waals surface area contributed by atoms with Gasteiger partial charge in [0.15, 0.2) is 11.5 Å². The summed E-state index contributed by atoms with van der Waals surface area (Å²) in [6.45, 7) is 2.21. The third-order valence-electron chi connectivity index (χ3n) is 5.87. The van der Waals surface area contributed by atoms with Crippen LogP contribution in [0.2, 0.25) is 0 Å². The van der Waals surface area contributed by atoms with Gasteiger partial charge in [-0.3, -0.25) is 14.5 Å². The molecule has 1 amide bonds. The number of carbonyl (C=O) groups is 2. The molecule has 0 aromatic heterocycles. The first-order chi connectivity index (χ1) is 17.4. The molecule has 1 saturated heterocycles. The summed E-state index contributed by atoms with van der Waals surface area (Å²) in [6, 6.07) is 19.1. The lowest BCUT2D eigenvalue weighted by atomic mass is 9.94. The van der Waals surface area contributed by atoms with Crippen molar-refractivity contribution in [1.29, 1.82) is 5.26 Å². The second-order valence-corrected chi connectivity index (χ2v) is 7.90. The molecule has 0 radical (unpaired) electrons. The Morgan fingerprint density at radius 2 is 1.75 bits per heavy atom. The molecule has 4 rings (SSSR count). The van der Waals surface area contributed by atoms with Gasteiger partial charge in [0.2, 0.25) is 0 Å². The van der Waals surface area contributed by atoms with E-state index < -0.39 is 17.7 Å². The molecule has 8 nitrogen and oxygen atoms in total. The third kappa shape index (κ3) is 4.34. The van der Waals surface area contributed by atoms with E-state index in [1.165, 1.54) is 19.1 Å². The first-order valence-corrected chi connectivity index (χ1v) is 11.2. The third-order valence-corrected chi connectivity index (χ3v) is 5.87. The van der Waals surface area contributed by atoms with E-state index in [2.05, 4.69) is 0 Å². The number of nitriles is 1. The van der Waals surface area contributed by atoms with Crippen LogP contribution in [0.1, 0.15) is 29.7 Å². The maximum Gasteiger partial charge on any atom is 0.300 e. The fourth-order valence-corrected chi connectivity index (χ4v) is 4.17.